The van der Waals surface area contributed by atoms with E-state index in [1.54, 1.807) is 23.0 Å². The average Bonchev–Trinajstić information content (AvgIpc) is 2.77. The van der Waals surface area contributed by atoms with Crippen LogP contribution in [0, 0.1) is 16.2 Å². The molecule has 0 N–H and O–H groups in total. The van der Waals surface area contributed by atoms with E-state index in [2.05, 4.69) is 11.2 Å². The minimum atomic E-state index is -0.417. The molecule has 0 atom stereocenters. The number of rotatable bonds is 3. The predicted octanol–water partition coefficient (Wildman–Crippen LogP) is 2.14. The largest absolute Gasteiger partial charge is 0.269 e. The fourth-order valence-electron chi connectivity index (χ4n) is 1.48. The smallest absolute Gasteiger partial charge is 0.258 e. The molecule has 1 radical (unpaired) electrons. The summed E-state index contributed by atoms with van der Waals surface area (Å²) < 4.78 is 1.73. The maximum atomic E-state index is 10.5. The Morgan fingerprint density at radius 3 is 2.69 bits per heavy atom. The third-order valence-corrected chi connectivity index (χ3v) is 2.30. The molecule has 0 saturated heterocycles. The summed E-state index contributed by atoms with van der Waals surface area (Å²) in [7, 11) is 0. The monoisotopic (exact) mass is 216 g/mol. The van der Waals surface area contributed by atoms with Gasteiger partial charge < -0.3 is 0 Å². The fourth-order valence-corrected chi connectivity index (χ4v) is 1.48. The summed E-state index contributed by atoms with van der Waals surface area (Å²) in [5.41, 5.74) is 1.84. The lowest BCUT2D eigenvalue weighted by Crippen LogP contribution is -2.01. The Morgan fingerprint density at radius 2 is 2.12 bits per heavy atom. The molecule has 0 spiro atoms. The van der Waals surface area contributed by atoms with Crippen LogP contribution in [0.1, 0.15) is 12.6 Å². The Labute approximate surface area is 92.5 Å². The molecule has 81 valence electrons. The van der Waals surface area contributed by atoms with E-state index in [9.17, 15) is 10.1 Å². The van der Waals surface area contributed by atoms with Gasteiger partial charge in [0.1, 0.15) is 0 Å². The number of hydrogen-bond acceptors (Lipinski definition) is 3. The van der Waals surface area contributed by atoms with Crippen LogP contribution in [0.25, 0.3) is 5.69 Å². The molecule has 1 aromatic carbocycles. The Balaban J connectivity index is 2.38. The highest BCUT2D eigenvalue weighted by Crippen LogP contribution is 2.16. The van der Waals surface area contributed by atoms with Crippen LogP contribution in [0.2, 0.25) is 0 Å². The molecule has 0 aliphatic rings. The van der Waals surface area contributed by atoms with Crippen molar-refractivity contribution in [2.75, 3.05) is 0 Å². The lowest BCUT2D eigenvalue weighted by molar-refractivity contribution is -0.384. The van der Waals surface area contributed by atoms with Crippen LogP contribution in [-0.2, 0) is 6.42 Å². The van der Waals surface area contributed by atoms with Crippen molar-refractivity contribution in [3.63, 3.8) is 0 Å². The van der Waals surface area contributed by atoms with E-state index in [4.69, 9.17) is 0 Å². The average molecular weight is 216 g/mol. The van der Waals surface area contributed by atoms with Gasteiger partial charge >= 0.3 is 0 Å². The van der Waals surface area contributed by atoms with Gasteiger partial charge in [0.25, 0.3) is 5.69 Å². The van der Waals surface area contributed by atoms with Gasteiger partial charge in [0, 0.05) is 18.2 Å². The first-order valence-electron chi connectivity index (χ1n) is 4.91. The number of non-ortho nitro benzene ring substituents is 1. The number of hydrogen-bond donors (Lipinski definition) is 0. The first kappa shape index (κ1) is 10.4. The van der Waals surface area contributed by atoms with Crippen LogP contribution in [0.3, 0.4) is 0 Å². The van der Waals surface area contributed by atoms with Crippen LogP contribution < -0.4 is 0 Å². The van der Waals surface area contributed by atoms with E-state index < -0.39 is 4.92 Å². The van der Waals surface area contributed by atoms with Gasteiger partial charge in [-0.25, -0.2) is 4.68 Å². The minimum absolute atomic E-state index is 0.0814. The molecule has 5 nitrogen and oxygen atoms in total. The van der Waals surface area contributed by atoms with Crippen LogP contribution in [-0.4, -0.2) is 14.7 Å². The van der Waals surface area contributed by atoms with Gasteiger partial charge in [-0.15, -0.1) is 0 Å². The van der Waals surface area contributed by atoms with Crippen LogP contribution in [0.15, 0.2) is 30.5 Å². The van der Waals surface area contributed by atoms with Crippen LogP contribution in [0.5, 0.6) is 0 Å². The molecule has 0 bridgehead atoms. The molecule has 0 unspecified atom stereocenters. The molecule has 0 aliphatic carbocycles. The first-order chi connectivity index (χ1) is 7.72. The zero-order valence-corrected chi connectivity index (χ0v) is 8.75. The summed E-state index contributed by atoms with van der Waals surface area (Å²) in [6.07, 6.45) is 2.41. The minimum Gasteiger partial charge on any atom is -0.258 e. The molecule has 0 saturated carbocycles. The van der Waals surface area contributed by atoms with E-state index in [0.717, 1.165) is 17.8 Å². The maximum absolute atomic E-state index is 10.5. The van der Waals surface area contributed by atoms with Crippen molar-refractivity contribution in [3.05, 3.63) is 52.3 Å². The lowest BCUT2D eigenvalue weighted by atomic mass is 10.2. The van der Waals surface area contributed by atoms with Crippen LogP contribution >= 0.6 is 0 Å². The van der Waals surface area contributed by atoms with Crippen molar-refractivity contribution in [3.8, 4) is 5.69 Å². The topological polar surface area (TPSA) is 61.0 Å². The van der Waals surface area contributed by atoms with Gasteiger partial charge in [-0.2, -0.15) is 5.10 Å². The summed E-state index contributed by atoms with van der Waals surface area (Å²) in [6, 6.07) is 9.30. The van der Waals surface area contributed by atoms with E-state index in [1.807, 2.05) is 6.92 Å². The van der Waals surface area contributed by atoms with Crippen molar-refractivity contribution in [2.24, 2.45) is 0 Å². The summed E-state index contributed by atoms with van der Waals surface area (Å²) in [5.74, 6) is 0. The highest BCUT2D eigenvalue weighted by atomic mass is 16.6. The van der Waals surface area contributed by atoms with E-state index in [0.29, 0.717) is 0 Å². The fraction of sp³-hybridized carbons (Fsp3) is 0.182. The SMILES string of the molecule is CCc1[c]cnn1-c1ccc([N+](=O)[O-])cc1. The molecular formula is C11H10N3O2. The molecule has 1 heterocycles. The Morgan fingerprint density at radius 1 is 1.44 bits per heavy atom. The standard InChI is InChI=1S/C11H10N3O2/c1-2-9-7-8-12-13(9)10-3-5-11(6-4-10)14(15)16/h3-6,8H,2H2,1H3. The summed E-state index contributed by atoms with van der Waals surface area (Å²) in [4.78, 5) is 10.1. The lowest BCUT2D eigenvalue weighted by Gasteiger charge is -2.04. The molecule has 0 fully saturated rings. The third-order valence-electron chi connectivity index (χ3n) is 2.30. The molecule has 0 amide bonds. The zero-order chi connectivity index (χ0) is 11.5. The van der Waals surface area contributed by atoms with E-state index in [1.165, 1.54) is 12.1 Å². The highest BCUT2D eigenvalue weighted by molar-refractivity contribution is 5.41. The van der Waals surface area contributed by atoms with Gasteiger partial charge in [-0.3, -0.25) is 10.1 Å². The molecule has 16 heavy (non-hydrogen) atoms. The second-order valence-corrected chi connectivity index (χ2v) is 3.27. The summed E-state index contributed by atoms with van der Waals surface area (Å²) >= 11 is 0. The van der Waals surface area contributed by atoms with Gasteiger partial charge in [-0.1, -0.05) is 6.92 Å². The first-order valence-corrected chi connectivity index (χ1v) is 4.91. The summed E-state index contributed by atoms with van der Waals surface area (Å²) in [5, 5.41) is 14.6. The quantitative estimate of drug-likeness (QED) is 0.583. The molecular weight excluding hydrogens is 206 g/mol. The Hall–Kier alpha value is -2.17. The summed E-state index contributed by atoms with van der Waals surface area (Å²) in [6.45, 7) is 2.01. The molecule has 2 rings (SSSR count). The van der Waals surface area contributed by atoms with Crippen LogP contribution in [0.4, 0.5) is 5.69 Å². The molecule has 5 heteroatoms. The number of aryl methyl sites for hydroxylation is 1. The van der Waals surface area contributed by atoms with Gasteiger partial charge in [0.2, 0.25) is 0 Å². The third kappa shape index (κ3) is 1.79. The number of nitro benzene ring substituents is 1. The van der Waals surface area contributed by atoms with Gasteiger partial charge in [0.15, 0.2) is 0 Å². The number of benzene rings is 1. The Kier molecular flexibility index (Phi) is 2.68. The van der Waals surface area contributed by atoms with Crippen molar-refractivity contribution < 1.29 is 4.92 Å². The van der Waals surface area contributed by atoms with Gasteiger partial charge in [-0.05, 0) is 18.6 Å². The second kappa shape index (κ2) is 4.14. The zero-order valence-electron chi connectivity index (χ0n) is 8.75. The second-order valence-electron chi connectivity index (χ2n) is 3.27. The van der Waals surface area contributed by atoms with Crippen molar-refractivity contribution >= 4 is 5.69 Å². The number of aromatic nitrogens is 2. The number of nitrogens with zero attached hydrogens (tertiary/aromatic N) is 3. The van der Waals surface area contributed by atoms with E-state index >= 15 is 0 Å². The maximum Gasteiger partial charge on any atom is 0.269 e. The van der Waals surface area contributed by atoms with Crippen molar-refractivity contribution in [1.29, 1.82) is 0 Å². The van der Waals surface area contributed by atoms with Gasteiger partial charge in [0.05, 0.1) is 22.5 Å². The predicted molar refractivity (Wildman–Crippen MR) is 58.4 cm³/mol. The van der Waals surface area contributed by atoms with Crippen molar-refractivity contribution in [2.45, 2.75) is 13.3 Å². The highest BCUT2D eigenvalue weighted by Gasteiger charge is 2.07. The molecule has 0 aliphatic heterocycles. The molecule has 1 aromatic heterocycles. The number of nitro groups is 1. The normalized spacial score (nSPS) is 10.3. The van der Waals surface area contributed by atoms with E-state index in [-0.39, 0.29) is 5.69 Å². The van der Waals surface area contributed by atoms with Crippen molar-refractivity contribution in [1.82, 2.24) is 9.78 Å². The molecule has 2 aromatic rings. The Bertz CT molecular complexity index is 502.